The fraction of sp³-hybridized carbons (Fsp3) is 0.588. The van der Waals surface area contributed by atoms with Gasteiger partial charge in [0, 0.05) is 11.2 Å². The normalized spacial score (nSPS) is 34.1. The summed E-state index contributed by atoms with van der Waals surface area (Å²) in [6.07, 6.45) is 8.58. The van der Waals surface area contributed by atoms with Gasteiger partial charge in [0.25, 0.3) is 0 Å². The second-order valence-corrected chi connectivity index (χ2v) is 9.51. The van der Waals surface area contributed by atoms with Crippen molar-refractivity contribution in [2.75, 3.05) is 5.32 Å². The van der Waals surface area contributed by atoms with Crippen LogP contribution in [0.4, 0.5) is 10.5 Å². The molecule has 4 N–H and O–H groups in total. The van der Waals surface area contributed by atoms with Crippen LogP contribution in [0.1, 0.15) is 44.9 Å². The summed E-state index contributed by atoms with van der Waals surface area (Å²) in [7, 11) is -3.71. The van der Waals surface area contributed by atoms with Gasteiger partial charge in [-0.2, -0.15) is 0 Å². The maximum Gasteiger partial charge on any atom is 0.319 e. The first kappa shape index (κ1) is 15.9. The van der Waals surface area contributed by atoms with Crippen molar-refractivity contribution in [2.24, 2.45) is 16.5 Å². The highest BCUT2D eigenvalue weighted by Gasteiger charge is 2.61. The second kappa shape index (κ2) is 5.20. The monoisotopic (exact) mass is 349 g/mol. The van der Waals surface area contributed by atoms with E-state index < -0.39 is 10.0 Å². The Morgan fingerprint density at radius 2 is 1.88 bits per heavy atom. The Bertz CT molecular complexity index is 761. The highest BCUT2D eigenvalue weighted by Crippen LogP contribution is 2.65. The van der Waals surface area contributed by atoms with Crippen LogP contribution in [0.3, 0.4) is 0 Å². The fourth-order valence-corrected chi connectivity index (χ4v) is 5.94. The number of nitrogens with two attached hydrogens (primary N) is 1. The van der Waals surface area contributed by atoms with Crippen LogP contribution >= 0.6 is 0 Å². The molecular weight excluding hydrogens is 326 g/mol. The van der Waals surface area contributed by atoms with E-state index in [1.165, 1.54) is 37.8 Å². The summed E-state index contributed by atoms with van der Waals surface area (Å²) in [5.74, 6) is 0.760. The van der Waals surface area contributed by atoms with Crippen LogP contribution in [0, 0.1) is 11.3 Å². The van der Waals surface area contributed by atoms with E-state index in [1.807, 2.05) is 0 Å². The van der Waals surface area contributed by atoms with Crippen molar-refractivity contribution >= 4 is 21.7 Å². The van der Waals surface area contributed by atoms with Gasteiger partial charge in [-0.3, -0.25) is 0 Å². The van der Waals surface area contributed by atoms with E-state index in [-0.39, 0.29) is 16.5 Å². The third kappa shape index (κ3) is 2.80. The van der Waals surface area contributed by atoms with Crippen LogP contribution in [0.15, 0.2) is 29.2 Å². The van der Waals surface area contributed by atoms with E-state index in [4.69, 9.17) is 5.14 Å². The summed E-state index contributed by atoms with van der Waals surface area (Å²) in [6.45, 7) is 0. The first-order valence-corrected chi connectivity index (χ1v) is 10.0. The van der Waals surface area contributed by atoms with Gasteiger partial charge in [0.15, 0.2) is 0 Å². The minimum atomic E-state index is -3.71. The molecule has 4 saturated carbocycles. The minimum Gasteiger partial charge on any atom is -0.332 e. The Balaban J connectivity index is 1.39. The van der Waals surface area contributed by atoms with Crippen molar-refractivity contribution in [1.82, 2.24) is 5.32 Å². The molecule has 1 atom stereocenters. The van der Waals surface area contributed by atoms with Gasteiger partial charge in [0.2, 0.25) is 10.0 Å². The van der Waals surface area contributed by atoms with Crippen molar-refractivity contribution in [3.05, 3.63) is 24.3 Å². The molecule has 1 unspecified atom stereocenters. The average Bonchev–Trinajstić information content (AvgIpc) is 2.44. The van der Waals surface area contributed by atoms with Gasteiger partial charge in [-0.15, -0.1) is 0 Å². The van der Waals surface area contributed by atoms with E-state index in [0.29, 0.717) is 11.1 Å². The van der Waals surface area contributed by atoms with E-state index in [1.54, 1.807) is 12.1 Å². The lowest BCUT2D eigenvalue weighted by Gasteiger charge is -2.65. The number of carbonyl (C=O) groups excluding carboxylic acids is 1. The molecule has 6 nitrogen and oxygen atoms in total. The van der Waals surface area contributed by atoms with Gasteiger partial charge in [0.1, 0.15) is 0 Å². The lowest BCUT2D eigenvalue weighted by molar-refractivity contribution is -0.102. The number of benzene rings is 1. The highest BCUT2D eigenvalue weighted by atomic mass is 32.2. The number of rotatable bonds is 3. The zero-order chi connectivity index (χ0) is 17.0. The zero-order valence-electron chi connectivity index (χ0n) is 13.5. The summed E-state index contributed by atoms with van der Waals surface area (Å²) in [5, 5.41) is 11.1. The molecule has 130 valence electrons. The van der Waals surface area contributed by atoms with Crippen LogP contribution < -0.4 is 15.8 Å². The van der Waals surface area contributed by atoms with Crippen molar-refractivity contribution in [3.63, 3.8) is 0 Å². The zero-order valence-corrected chi connectivity index (χ0v) is 14.4. The summed E-state index contributed by atoms with van der Waals surface area (Å²) in [4.78, 5) is 12.4. The predicted octanol–water partition coefficient (Wildman–Crippen LogP) is 2.57. The van der Waals surface area contributed by atoms with Gasteiger partial charge in [-0.1, -0.05) is 12.8 Å². The lowest BCUT2D eigenvalue weighted by atomic mass is 9.43. The van der Waals surface area contributed by atoms with Crippen LogP contribution in [0.25, 0.3) is 0 Å². The van der Waals surface area contributed by atoms with Crippen LogP contribution in [0.5, 0.6) is 0 Å². The second-order valence-electron chi connectivity index (χ2n) is 7.95. The van der Waals surface area contributed by atoms with Gasteiger partial charge >= 0.3 is 6.03 Å². The largest absolute Gasteiger partial charge is 0.332 e. The topological polar surface area (TPSA) is 101 Å². The third-order valence-corrected chi connectivity index (χ3v) is 6.90. The van der Waals surface area contributed by atoms with E-state index in [2.05, 4.69) is 10.6 Å². The molecule has 4 fully saturated rings. The molecule has 4 aliphatic rings. The summed E-state index contributed by atoms with van der Waals surface area (Å²) in [6, 6.07) is 5.68. The van der Waals surface area contributed by atoms with E-state index >= 15 is 0 Å². The SMILES string of the molecule is NS(=O)(=O)c1ccc(NC(=O)NC23CC4CCCC(C4)(C2)C3)cc1. The van der Waals surface area contributed by atoms with Gasteiger partial charge < -0.3 is 10.6 Å². The molecule has 1 spiro atoms. The molecule has 3 bridgehead atoms. The molecule has 4 aliphatic carbocycles. The lowest BCUT2D eigenvalue weighted by Crippen LogP contribution is -2.67. The molecule has 0 saturated heterocycles. The van der Waals surface area contributed by atoms with Gasteiger partial charge in [-0.25, -0.2) is 18.4 Å². The summed E-state index contributed by atoms with van der Waals surface area (Å²) >= 11 is 0. The summed E-state index contributed by atoms with van der Waals surface area (Å²) in [5.41, 5.74) is 1.01. The first-order chi connectivity index (χ1) is 11.3. The number of nitrogens with one attached hydrogen (secondary N) is 2. The smallest absolute Gasteiger partial charge is 0.319 e. The Morgan fingerprint density at radius 1 is 1.17 bits per heavy atom. The van der Waals surface area contributed by atoms with Gasteiger partial charge in [0.05, 0.1) is 4.90 Å². The maximum absolute atomic E-state index is 12.3. The Labute approximate surface area is 142 Å². The molecule has 2 amide bonds. The number of hydrogen-bond acceptors (Lipinski definition) is 3. The average molecular weight is 349 g/mol. The number of anilines is 1. The first-order valence-electron chi connectivity index (χ1n) is 8.50. The Kier molecular flexibility index (Phi) is 3.44. The quantitative estimate of drug-likeness (QED) is 0.781. The molecule has 5 rings (SSSR count). The van der Waals surface area contributed by atoms with Crippen LogP contribution in [-0.2, 0) is 10.0 Å². The maximum atomic E-state index is 12.3. The van der Waals surface area contributed by atoms with Crippen molar-refractivity contribution in [3.8, 4) is 0 Å². The number of primary sulfonamides is 1. The van der Waals surface area contributed by atoms with E-state index in [0.717, 1.165) is 25.2 Å². The van der Waals surface area contributed by atoms with Crippen molar-refractivity contribution in [1.29, 1.82) is 0 Å². The van der Waals surface area contributed by atoms with Crippen LogP contribution in [0.2, 0.25) is 0 Å². The number of carbonyl (C=O) groups is 1. The molecule has 0 aromatic heterocycles. The molecule has 0 aliphatic heterocycles. The molecule has 1 aromatic carbocycles. The Morgan fingerprint density at radius 3 is 2.50 bits per heavy atom. The van der Waals surface area contributed by atoms with Crippen molar-refractivity contribution in [2.45, 2.75) is 55.4 Å². The van der Waals surface area contributed by atoms with Crippen molar-refractivity contribution < 1.29 is 13.2 Å². The number of urea groups is 1. The number of sulfonamides is 1. The minimum absolute atomic E-state index is 0.0338. The molecule has 0 heterocycles. The number of hydrogen-bond donors (Lipinski definition) is 3. The van der Waals surface area contributed by atoms with Gasteiger partial charge in [-0.05, 0) is 67.7 Å². The standard InChI is InChI=1S/C17H23N3O3S/c18-24(22,23)14-5-3-13(4-6-14)19-15(21)20-17-9-12-2-1-7-16(8-12,10-17)11-17/h3-6,12H,1-2,7-11H2,(H2,18,22,23)(H2,19,20,21). The molecular formula is C17H23N3O3S. The van der Waals surface area contributed by atoms with E-state index in [9.17, 15) is 13.2 Å². The predicted molar refractivity (Wildman–Crippen MR) is 90.9 cm³/mol. The molecule has 7 heteroatoms. The number of amides is 2. The van der Waals surface area contributed by atoms with Crippen LogP contribution in [-0.4, -0.2) is 20.0 Å². The molecule has 24 heavy (non-hydrogen) atoms. The molecule has 1 aromatic rings. The molecule has 0 radical (unpaired) electrons. The summed E-state index contributed by atoms with van der Waals surface area (Å²) < 4.78 is 22.5. The highest BCUT2D eigenvalue weighted by molar-refractivity contribution is 7.89. The fourth-order valence-electron chi connectivity index (χ4n) is 5.43. The third-order valence-electron chi connectivity index (χ3n) is 5.97. The Hall–Kier alpha value is -1.60.